The van der Waals surface area contributed by atoms with Crippen LogP contribution in [0.15, 0.2) is 59.0 Å². The lowest BCUT2D eigenvalue weighted by Gasteiger charge is -2.35. The van der Waals surface area contributed by atoms with Crippen LogP contribution in [-0.4, -0.2) is 48.0 Å². The Balaban J connectivity index is 0.00000140. The molecule has 1 aliphatic heterocycles. The topological polar surface area (TPSA) is 75.6 Å². The molecule has 2 N–H and O–H groups in total. The van der Waals surface area contributed by atoms with Gasteiger partial charge in [-0.2, -0.15) is 4.98 Å². The molecule has 1 saturated heterocycles. The summed E-state index contributed by atoms with van der Waals surface area (Å²) in [5.41, 5.74) is 8.86. The zero-order chi connectivity index (χ0) is 17.9. The smallest absolute Gasteiger partial charge is 0.298 e. The van der Waals surface area contributed by atoms with E-state index in [2.05, 4.69) is 9.88 Å². The molecule has 1 atom stereocenters. The van der Waals surface area contributed by atoms with Gasteiger partial charge in [0.1, 0.15) is 5.52 Å². The first kappa shape index (κ1) is 22.0. The molecule has 2 aromatic carbocycles. The zero-order valence-electron chi connectivity index (χ0n) is 15.4. The van der Waals surface area contributed by atoms with Crippen molar-refractivity contribution in [2.24, 2.45) is 5.73 Å². The summed E-state index contributed by atoms with van der Waals surface area (Å²) in [6.07, 6.45) is 0.561. The van der Waals surface area contributed by atoms with Crippen LogP contribution in [-0.2, 0) is 11.2 Å². The van der Waals surface area contributed by atoms with Gasteiger partial charge in [-0.15, -0.1) is 24.8 Å². The van der Waals surface area contributed by atoms with Crippen LogP contribution in [0.25, 0.3) is 11.1 Å². The molecule has 4 rings (SSSR count). The van der Waals surface area contributed by atoms with Crippen molar-refractivity contribution in [1.29, 1.82) is 0 Å². The van der Waals surface area contributed by atoms with Crippen molar-refractivity contribution in [3.8, 4) is 0 Å². The second-order valence-electron chi connectivity index (χ2n) is 6.57. The van der Waals surface area contributed by atoms with E-state index >= 15 is 0 Å². The molecule has 0 saturated carbocycles. The average Bonchev–Trinajstić information content (AvgIpc) is 3.12. The monoisotopic (exact) mass is 422 g/mol. The molecule has 1 amide bonds. The molecule has 6 nitrogen and oxygen atoms in total. The Kier molecular flexibility index (Phi) is 7.69. The Morgan fingerprint density at radius 1 is 1.00 bits per heavy atom. The minimum Gasteiger partial charge on any atom is -0.423 e. The summed E-state index contributed by atoms with van der Waals surface area (Å²) < 4.78 is 5.82. The predicted molar refractivity (Wildman–Crippen MR) is 115 cm³/mol. The normalized spacial score (nSPS) is 14.9. The van der Waals surface area contributed by atoms with Crippen LogP contribution < -0.4 is 10.6 Å². The highest BCUT2D eigenvalue weighted by Crippen LogP contribution is 2.22. The highest BCUT2D eigenvalue weighted by Gasteiger charge is 2.27. The van der Waals surface area contributed by atoms with Gasteiger partial charge in [0.05, 0.1) is 6.04 Å². The molecule has 150 valence electrons. The Labute approximate surface area is 176 Å². The van der Waals surface area contributed by atoms with Crippen LogP contribution >= 0.6 is 24.8 Å². The van der Waals surface area contributed by atoms with Gasteiger partial charge in [-0.1, -0.05) is 42.5 Å². The number of oxazole rings is 1. The molecule has 1 unspecified atom stereocenters. The van der Waals surface area contributed by atoms with Crippen molar-refractivity contribution in [2.45, 2.75) is 12.5 Å². The Morgan fingerprint density at radius 2 is 1.64 bits per heavy atom. The molecule has 1 aliphatic rings. The lowest BCUT2D eigenvalue weighted by molar-refractivity contribution is -0.132. The molecule has 1 aromatic heterocycles. The molecule has 28 heavy (non-hydrogen) atoms. The van der Waals surface area contributed by atoms with Crippen molar-refractivity contribution in [3.05, 3.63) is 60.2 Å². The molecule has 0 spiro atoms. The largest absolute Gasteiger partial charge is 0.423 e. The summed E-state index contributed by atoms with van der Waals surface area (Å²) in [7, 11) is 0. The minimum atomic E-state index is -0.506. The van der Waals surface area contributed by atoms with E-state index in [-0.39, 0.29) is 30.7 Å². The number of carbonyl (C=O) groups excluding carboxylic acids is 1. The van der Waals surface area contributed by atoms with Crippen molar-refractivity contribution in [3.63, 3.8) is 0 Å². The maximum Gasteiger partial charge on any atom is 0.298 e. The second-order valence-corrected chi connectivity index (χ2v) is 6.57. The molecular formula is C20H24Cl2N4O2. The quantitative estimate of drug-likeness (QED) is 0.699. The molecule has 3 aromatic rings. The van der Waals surface area contributed by atoms with E-state index in [0.717, 1.165) is 16.7 Å². The number of nitrogens with two attached hydrogens (primary N) is 1. The summed E-state index contributed by atoms with van der Waals surface area (Å²) in [6, 6.07) is 17.7. The van der Waals surface area contributed by atoms with E-state index in [1.807, 2.05) is 59.5 Å². The van der Waals surface area contributed by atoms with Gasteiger partial charge in [-0.25, -0.2) is 0 Å². The molecule has 1 fully saturated rings. The number of anilines is 1. The number of hydrogen-bond acceptors (Lipinski definition) is 5. The Morgan fingerprint density at radius 3 is 2.32 bits per heavy atom. The summed E-state index contributed by atoms with van der Waals surface area (Å²) in [4.78, 5) is 21.1. The van der Waals surface area contributed by atoms with Gasteiger partial charge < -0.3 is 20.0 Å². The summed E-state index contributed by atoms with van der Waals surface area (Å²) in [6.45, 7) is 2.63. The van der Waals surface area contributed by atoms with Crippen LogP contribution in [0.2, 0.25) is 0 Å². The van der Waals surface area contributed by atoms with Gasteiger partial charge in [0, 0.05) is 26.2 Å². The van der Waals surface area contributed by atoms with Gasteiger partial charge in [-0.3, -0.25) is 4.79 Å². The van der Waals surface area contributed by atoms with E-state index in [4.69, 9.17) is 10.2 Å². The van der Waals surface area contributed by atoms with Crippen LogP contribution in [0.4, 0.5) is 6.01 Å². The number of para-hydroxylation sites is 2. The summed E-state index contributed by atoms with van der Waals surface area (Å²) in [5.74, 6) is 0.00562. The number of halogens is 2. The van der Waals surface area contributed by atoms with Crippen LogP contribution in [0.5, 0.6) is 0 Å². The van der Waals surface area contributed by atoms with E-state index in [1.54, 1.807) is 0 Å². The molecule has 0 aliphatic carbocycles. The van der Waals surface area contributed by atoms with Gasteiger partial charge in [0.15, 0.2) is 5.58 Å². The highest BCUT2D eigenvalue weighted by atomic mass is 35.5. The number of hydrogen-bond donors (Lipinski definition) is 1. The van der Waals surface area contributed by atoms with Gasteiger partial charge in [0.25, 0.3) is 6.01 Å². The van der Waals surface area contributed by atoms with Crippen LogP contribution in [0.3, 0.4) is 0 Å². The predicted octanol–water partition coefficient (Wildman–Crippen LogP) is 2.89. The fourth-order valence-electron chi connectivity index (χ4n) is 3.30. The van der Waals surface area contributed by atoms with Gasteiger partial charge in [0.2, 0.25) is 5.91 Å². The molecule has 8 heteroatoms. The molecule has 0 bridgehead atoms. The second kappa shape index (κ2) is 9.78. The SMILES string of the molecule is Cl.Cl.NC(Cc1ccccc1)C(=O)N1CCN(c2nc3ccccc3o2)CC1. The number of fused-ring (bicyclic) bond motifs is 1. The number of carbonyl (C=O) groups is 1. The van der Waals surface area contributed by atoms with Crippen LogP contribution in [0, 0.1) is 0 Å². The zero-order valence-corrected chi connectivity index (χ0v) is 17.0. The van der Waals surface area contributed by atoms with E-state index in [9.17, 15) is 4.79 Å². The standard InChI is InChI=1S/C20H22N4O2.2ClH/c21-16(14-15-6-2-1-3-7-15)19(25)23-10-12-24(13-11-23)20-22-17-8-4-5-9-18(17)26-20;;/h1-9,16H,10-14,21H2;2*1H. The first-order valence-corrected chi connectivity index (χ1v) is 8.89. The van der Waals surface area contributed by atoms with Crippen molar-refractivity contribution in [2.75, 3.05) is 31.1 Å². The number of amides is 1. The fourth-order valence-corrected chi connectivity index (χ4v) is 3.30. The number of rotatable bonds is 4. The lowest BCUT2D eigenvalue weighted by Crippen LogP contribution is -2.53. The molecular weight excluding hydrogens is 399 g/mol. The number of nitrogens with zero attached hydrogens (tertiary/aromatic N) is 3. The first-order chi connectivity index (χ1) is 12.7. The van der Waals surface area contributed by atoms with E-state index < -0.39 is 6.04 Å². The van der Waals surface area contributed by atoms with Crippen LogP contribution in [0.1, 0.15) is 5.56 Å². The summed E-state index contributed by atoms with van der Waals surface area (Å²) >= 11 is 0. The van der Waals surface area contributed by atoms with E-state index in [0.29, 0.717) is 38.6 Å². The maximum absolute atomic E-state index is 12.6. The van der Waals surface area contributed by atoms with Crippen molar-refractivity contribution >= 4 is 47.8 Å². The minimum absolute atomic E-state index is 0. The highest BCUT2D eigenvalue weighted by molar-refractivity contribution is 5.85. The van der Waals surface area contributed by atoms with Gasteiger partial charge in [-0.05, 0) is 24.1 Å². The van der Waals surface area contributed by atoms with Crippen molar-refractivity contribution < 1.29 is 9.21 Å². The fraction of sp³-hybridized carbons (Fsp3) is 0.300. The molecule has 0 radical (unpaired) electrons. The third-order valence-electron chi connectivity index (χ3n) is 4.76. The maximum atomic E-state index is 12.6. The van der Waals surface area contributed by atoms with Gasteiger partial charge >= 0.3 is 0 Å². The third-order valence-corrected chi connectivity index (χ3v) is 4.76. The summed E-state index contributed by atoms with van der Waals surface area (Å²) in [5, 5.41) is 0. The number of benzene rings is 2. The van der Waals surface area contributed by atoms with Crippen molar-refractivity contribution in [1.82, 2.24) is 9.88 Å². The Hall–Kier alpha value is -2.28. The first-order valence-electron chi connectivity index (χ1n) is 8.89. The number of aromatic nitrogens is 1. The number of piperazine rings is 1. The molecule has 2 heterocycles. The van der Waals surface area contributed by atoms with E-state index in [1.165, 1.54) is 0 Å². The average molecular weight is 423 g/mol. The third kappa shape index (κ3) is 4.76. The lowest BCUT2D eigenvalue weighted by atomic mass is 10.1. The Bertz CT molecular complexity index is 862.